The Hall–Kier alpha value is -0.460. The van der Waals surface area contributed by atoms with Gasteiger partial charge in [0.1, 0.15) is 0 Å². The molecule has 0 aromatic heterocycles. The standard InChI is InChI=1S/C22H44O/c1-4-7-8-9-10-11-12-13-14-15-16-17-18-19-20-22(5-2)21-23-6-3/h6,22H,3-5,7-21H2,1-2H3. The van der Waals surface area contributed by atoms with Gasteiger partial charge in [0.15, 0.2) is 0 Å². The van der Waals surface area contributed by atoms with E-state index in [0.717, 1.165) is 12.5 Å². The highest BCUT2D eigenvalue weighted by Crippen LogP contribution is 2.16. The first-order valence-electron chi connectivity index (χ1n) is 10.6. The molecule has 1 heteroatoms. The van der Waals surface area contributed by atoms with Crippen molar-refractivity contribution in [2.24, 2.45) is 5.92 Å². The molecule has 0 amide bonds. The first-order chi connectivity index (χ1) is 11.3. The summed E-state index contributed by atoms with van der Waals surface area (Å²) in [4.78, 5) is 0. The van der Waals surface area contributed by atoms with Gasteiger partial charge in [0.05, 0.1) is 12.9 Å². The van der Waals surface area contributed by atoms with Crippen LogP contribution in [-0.2, 0) is 4.74 Å². The molecule has 1 nitrogen and oxygen atoms in total. The molecule has 0 bridgehead atoms. The van der Waals surface area contributed by atoms with Gasteiger partial charge in [0.2, 0.25) is 0 Å². The minimum atomic E-state index is 0.727. The van der Waals surface area contributed by atoms with E-state index >= 15 is 0 Å². The predicted octanol–water partition coefficient (Wildman–Crippen LogP) is 8.04. The summed E-state index contributed by atoms with van der Waals surface area (Å²) in [5.74, 6) is 0.727. The number of ether oxygens (including phenoxy) is 1. The van der Waals surface area contributed by atoms with Crippen LogP contribution in [0.3, 0.4) is 0 Å². The van der Waals surface area contributed by atoms with Crippen LogP contribution in [0.4, 0.5) is 0 Å². The zero-order chi connectivity index (χ0) is 17.0. The van der Waals surface area contributed by atoms with E-state index in [-0.39, 0.29) is 0 Å². The Morgan fingerprint density at radius 2 is 1.13 bits per heavy atom. The summed E-state index contributed by atoms with van der Waals surface area (Å²) >= 11 is 0. The second-order valence-corrected chi connectivity index (χ2v) is 7.16. The second-order valence-electron chi connectivity index (χ2n) is 7.16. The quantitative estimate of drug-likeness (QED) is 0.172. The maximum absolute atomic E-state index is 5.32. The fourth-order valence-corrected chi connectivity index (χ4v) is 3.24. The van der Waals surface area contributed by atoms with Crippen LogP contribution < -0.4 is 0 Å². The van der Waals surface area contributed by atoms with Gasteiger partial charge in [-0.3, -0.25) is 0 Å². The Kier molecular flexibility index (Phi) is 19.2. The van der Waals surface area contributed by atoms with Crippen LogP contribution in [0, 0.1) is 5.92 Å². The zero-order valence-corrected chi connectivity index (χ0v) is 16.3. The molecule has 0 fully saturated rings. The van der Waals surface area contributed by atoms with Gasteiger partial charge in [-0.15, -0.1) is 0 Å². The van der Waals surface area contributed by atoms with E-state index in [2.05, 4.69) is 20.4 Å². The molecule has 0 aromatic carbocycles. The van der Waals surface area contributed by atoms with Crippen molar-refractivity contribution in [1.82, 2.24) is 0 Å². The monoisotopic (exact) mass is 324 g/mol. The van der Waals surface area contributed by atoms with Crippen LogP contribution >= 0.6 is 0 Å². The van der Waals surface area contributed by atoms with Gasteiger partial charge < -0.3 is 4.74 Å². The molecule has 0 spiro atoms. The van der Waals surface area contributed by atoms with Gasteiger partial charge in [-0.2, -0.15) is 0 Å². The summed E-state index contributed by atoms with van der Waals surface area (Å²) in [7, 11) is 0. The van der Waals surface area contributed by atoms with Crippen LogP contribution in [0.1, 0.15) is 117 Å². The molecule has 0 radical (unpaired) electrons. The van der Waals surface area contributed by atoms with E-state index in [4.69, 9.17) is 4.74 Å². The highest BCUT2D eigenvalue weighted by molar-refractivity contribution is 4.59. The Morgan fingerprint density at radius 1 is 0.696 bits per heavy atom. The van der Waals surface area contributed by atoms with Gasteiger partial charge in [0, 0.05) is 0 Å². The molecule has 0 heterocycles. The van der Waals surface area contributed by atoms with Crippen molar-refractivity contribution in [1.29, 1.82) is 0 Å². The summed E-state index contributed by atoms with van der Waals surface area (Å²) in [5, 5.41) is 0. The van der Waals surface area contributed by atoms with Crippen molar-refractivity contribution in [2.75, 3.05) is 6.61 Å². The third-order valence-corrected chi connectivity index (χ3v) is 4.99. The van der Waals surface area contributed by atoms with Gasteiger partial charge >= 0.3 is 0 Å². The summed E-state index contributed by atoms with van der Waals surface area (Å²) in [6, 6.07) is 0. The summed E-state index contributed by atoms with van der Waals surface area (Å²) in [6.45, 7) is 9.03. The first kappa shape index (κ1) is 22.5. The average Bonchev–Trinajstić information content (AvgIpc) is 2.57. The molecular formula is C22H44O. The highest BCUT2D eigenvalue weighted by atomic mass is 16.5. The minimum absolute atomic E-state index is 0.727. The van der Waals surface area contributed by atoms with E-state index in [1.165, 1.54) is 103 Å². The van der Waals surface area contributed by atoms with Crippen molar-refractivity contribution in [3.05, 3.63) is 12.8 Å². The molecule has 0 aliphatic heterocycles. The van der Waals surface area contributed by atoms with Crippen LogP contribution in [0.5, 0.6) is 0 Å². The molecule has 1 atom stereocenters. The molecule has 138 valence electrons. The third-order valence-electron chi connectivity index (χ3n) is 4.99. The third kappa shape index (κ3) is 17.7. The molecule has 0 aromatic rings. The van der Waals surface area contributed by atoms with Crippen molar-refractivity contribution in [3.8, 4) is 0 Å². The molecule has 0 saturated heterocycles. The number of unbranched alkanes of at least 4 members (excludes halogenated alkanes) is 13. The molecule has 0 rings (SSSR count). The first-order valence-corrected chi connectivity index (χ1v) is 10.6. The second kappa shape index (κ2) is 19.6. The maximum atomic E-state index is 5.32. The lowest BCUT2D eigenvalue weighted by atomic mass is 9.98. The lowest BCUT2D eigenvalue weighted by Gasteiger charge is -2.13. The van der Waals surface area contributed by atoms with Gasteiger partial charge in [-0.05, 0) is 12.3 Å². The Bertz CT molecular complexity index is 224. The zero-order valence-electron chi connectivity index (χ0n) is 16.3. The number of hydrogen-bond donors (Lipinski definition) is 0. The van der Waals surface area contributed by atoms with Gasteiger partial charge in [-0.25, -0.2) is 0 Å². The SMILES string of the molecule is C=COCC(CC)CCCCCCCCCCCCCCCC. The van der Waals surface area contributed by atoms with Gasteiger partial charge in [-0.1, -0.05) is 117 Å². The molecule has 0 saturated carbocycles. The van der Waals surface area contributed by atoms with Crippen LogP contribution in [-0.4, -0.2) is 6.61 Å². The number of rotatable bonds is 19. The van der Waals surface area contributed by atoms with Crippen LogP contribution in [0.15, 0.2) is 12.8 Å². The van der Waals surface area contributed by atoms with E-state index in [1.54, 1.807) is 6.26 Å². The predicted molar refractivity (Wildman–Crippen MR) is 105 cm³/mol. The Labute approximate surface area is 147 Å². The van der Waals surface area contributed by atoms with Crippen molar-refractivity contribution in [2.45, 2.75) is 117 Å². The van der Waals surface area contributed by atoms with Gasteiger partial charge in [0.25, 0.3) is 0 Å². The van der Waals surface area contributed by atoms with Crippen molar-refractivity contribution < 1.29 is 4.74 Å². The van der Waals surface area contributed by atoms with Crippen molar-refractivity contribution >= 4 is 0 Å². The van der Waals surface area contributed by atoms with E-state index in [0.29, 0.717) is 0 Å². The lowest BCUT2D eigenvalue weighted by Crippen LogP contribution is -2.06. The largest absolute Gasteiger partial charge is 0.502 e. The molecule has 0 aliphatic rings. The van der Waals surface area contributed by atoms with E-state index in [9.17, 15) is 0 Å². The van der Waals surface area contributed by atoms with Crippen LogP contribution in [0.2, 0.25) is 0 Å². The Balaban J connectivity index is 3.14. The smallest absolute Gasteiger partial charge is 0.0901 e. The summed E-state index contributed by atoms with van der Waals surface area (Å²) in [6.07, 6.45) is 24.3. The molecule has 0 N–H and O–H groups in total. The summed E-state index contributed by atoms with van der Waals surface area (Å²) < 4.78 is 5.32. The molecular weight excluding hydrogens is 280 g/mol. The van der Waals surface area contributed by atoms with Crippen molar-refractivity contribution in [3.63, 3.8) is 0 Å². The number of hydrogen-bond acceptors (Lipinski definition) is 1. The molecule has 23 heavy (non-hydrogen) atoms. The van der Waals surface area contributed by atoms with E-state index in [1.807, 2.05) is 0 Å². The molecule has 0 aliphatic carbocycles. The minimum Gasteiger partial charge on any atom is -0.502 e. The fourth-order valence-electron chi connectivity index (χ4n) is 3.24. The fraction of sp³-hybridized carbons (Fsp3) is 0.909. The molecule has 1 unspecified atom stereocenters. The van der Waals surface area contributed by atoms with E-state index < -0.39 is 0 Å². The average molecular weight is 325 g/mol. The Morgan fingerprint density at radius 3 is 1.52 bits per heavy atom. The van der Waals surface area contributed by atoms with Crippen LogP contribution in [0.25, 0.3) is 0 Å². The highest BCUT2D eigenvalue weighted by Gasteiger charge is 2.05. The summed E-state index contributed by atoms with van der Waals surface area (Å²) in [5.41, 5.74) is 0. The maximum Gasteiger partial charge on any atom is 0.0901 e. The normalized spacial score (nSPS) is 12.3. The topological polar surface area (TPSA) is 9.23 Å². The lowest BCUT2D eigenvalue weighted by molar-refractivity contribution is 0.183.